The van der Waals surface area contributed by atoms with Gasteiger partial charge in [-0.25, -0.2) is 0 Å². The second-order valence-electron chi connectivity index (χ2n) is 4.57. The summed E-state index contributed by atoms with van der Waals surface area (Å²) >= 11 is 0. The zero-order valence-electron chi connectivity index (χ0n) is 11.5. The fourth-order valence-corrected chi connectivity index (χ4v) is 1.70. The third-order valence-electron chi connectivity index (χ3n) is 2.87. The standard InChI is InChI=1S/C14H20N4O/c1-17(12-13-5-3-8-16-11-13)10-6-14(19)18(2)9-4-7-15/h3,5,8,11H,4,6,9-10,12H2,1-2H3. The van der Waals surface area contributed by atoms with Crippen LogP contribution in [-0.4, -0.2) is 47.9 Å². The zero-order chi connectivity index (χ0) is 14.1. The number of hydrogen-bond donors (Lipinski definition) is 0. The van der Waals surface area contributed by atoms with Crippen LogP contribution in [0.2, 0.25) is 0 Å². The Bertz CT molecular complexity index is 427. The number of pyridine rings is 1. The van der Waals surface area contributed by atoms with Crippen LogP contribution in [0.15, 0.2) is 24.5 Å². The lowest BCUT2D eigenvalue weighted by atomic mass is 10.2. The highest BCUT2D eigenvalue weighted by Crippen LogP contribution is 2.02. The van der Waals surface area contributed by atoms with Crippen molar-refractivity contribution in [2.75, 3.05) is 27.2 Å². The van der Waals surface area contributed by atoms with Crippen molar-refractivity contribution in [3.8, 4) is 6.07 Å². The molecule has 0 saturated heterocycles. The maximum atomic E-state index is 11.8. The monoisotopic (exact) mass is 260 g/mol. The Morgan fingerprint density at radius 1 is 1.42 bits per heavy atom. The smallest absolute Gasteiger partial charge is 0.223 e. The number of carbonyl (C=O) groups is 1. The van der Waals surface area contributed by atoms with E-state index in [1.54, 1.807) is 18.1 Å². The Labute approximate surface area is 114 Å². The summed E-state index contributed by atoms with van der Waals surface area (Å²) in [4.78, 5) is 19.5. The Morgan fingerprint density at radius 3 is 2.84 bits per heavy atom. The van der Waals surface area contributed by atoms with Gasteiger partial charge < -0.3 is 9.80 Å². The van der Waals surface area contributed by atoms with Gasteiger partial charge in [-0.1, -0.05) is 6.07 Å². The van der Waals surface area contributed by atoms with Crippen LogP contribution >= 0.6 is 0 Å². The number of hydrogen-bond acceptors (Lipinski definition) is 4. The van der Waals surface area contributed by atoms with E-state index in [1.807, 2.05) is 31.4 Å². The second kappa shape index (κ2) is 8.22. The molecule has 0 atom stereocenters. The number of carbonyl (C=O) groups excluding carboxylic acids is 1. The van der Waals surface area contributed by atoms with Gasteiger partial charge in [0.25, 0.3) is 0 Å². The summed E-state index contributed by atoms with van der Waals surface area (Å²) in [5.41, 5.74) is 1.13. The number of aromatic nitrogens is 1. The third kappa shape index (κ3) is 5.98. The van der Waals surface area contributed by atoms with E-state index in [0.29, 0.717) is 25.9 Å². The minimum atomic E-state index is 0.0771. The summed E-state index contributed by atoms with van der Waals surface area (Å²) in [7, 11) is 3.72. The minimum absolute atomic E-state index is 0.0771. The van der Waals surface area contributed by atoms with Crippen LogP contribution in [-0.2, 0) is 11.3 Å². The first-order valence-electron chi connectivity index (χ1n) is 6.32. The molecule has 0 aliphatic heterocycles. The maximum absolute atomic E-state index is 11.8. The molecule has 1 aromatic heterocycles. The fourth-order valence-electron chi connectivity index (χ4n) is 1.70. The van der Waals surface area contributed by atoms with E-state index in [0.717, 1.165) is 12.1 Å². The normalized spacial score (nSPS) is 10.2. The molecule has 1 aromatic rings. The Balaban J connectivity index is 2.28. The topological polar surface area (TPSA) is 60.2 Å². The molecule has 1 amide bonds. The predicted molar refractivity (Wildman–Crippen MR) is 73.1 cm³/mol. The molecule has 0 aliphatic carbocycles. The van der Waals surface area contributed by atoms with Gasteiger partial charge in [0.05, 0.1) is 12.5 Å². The molecule has 1 heterocycles. The van der Waals surface area contributed by atoms with Crippen molar-refractivity contribution in [2.24, 2.45) is 0 Å². The number of rotatable bonds is 7. The Morgan fingerprint density at radius 2 is 2.21 bits per heavy atom. The molecule has 5 nitrogen and oxygen atoms in total. The summed E-state index contributed by atoms with van der Waals surface area (Å²) in [6.45, 7) is 1.98. The van der Waals surface area contributed by atoms with E-state index >= 15 is 0 Å². The molecular formula is C14H20N4O. The first-order chi connectivity index (χ1) is 9.13. The van der Waals surface area contributed by atoms with Crippen molar-refractivity contribution in [1.29, 1.82) is 5.26 Å². The van der Waals surface area contributed by atoms with E-state index in [-0.39, 0.29) is 5.91 Å². The van der Waals surface area contributed by atoms with Gasteiger partial charge in [0.1, 0.15) is 0 Å². The predicted octanol–water partition coefficient (Wildman–Crippen LogP) is 1.28. The van der Waals surface area contributed by atoms with Crippen molar-refractivity contribution < 1.29 is 4.79 Å². The van der Waals surface area contributed by atoms with Crippen LogP contribution in [0, 0.1) is 11.3 Å². The van der Waals surface area contributed by atoms with Crippen molar-refractivity contribution >= 4 is 5.91 Å². The van der Waals surface area contributed by atoms with E-state index in [2.05, 4.69) is 9.88 Å². The van der Waals surface area contributed by atoms with E-state index < -0.39 is 0 Å². The molecule has 5 heteroatoms. The first kappa shape index (κ1) is 15.1. The molecule has 0 fully saturated rings. The molecule has 0 spiro atoms. The molecule has 102 valence electrons. The zero-order valence-corrected chi connectivity index (χ0v) is 11.5. The average Bonchev–Trinajstić information content (AvgIpc) is 2.43. The Kier molecular flexibility index (Phi) is 6.55. The summed E-state index contributed by atoms with van der Waals surface area (Å²) in [5.74, 6) is 0.0771. The molecule has 0 N–H and O–H groups in total. The SMILES string of the molecule is CN(CCC(=O)N(C)CCC#N)Cc1cccnc1. The van der Waals surface area contributed by atoms with Crippen LogP contribution < -0.4 is 0 Å². The lowest BCUT2D eigenvalue weighted by molar-refractivity contribution is -0.130. The molecule has 0 aliphatic rings. The van der Waals surface area contributed by atoms with Gasteiger partial charge in [0, 0.05) is 45.5 Å². The van der Waals surface area contributed by atoms with Gasteiger partial charge in [-0.3, -0.25) is 9.78 Å². The lowest BCUT2D eigenvalue weighted by Gasteiger charge is -2.19. The average molecular weight is 260 g/mol. The molecule has 19 heavy (non-hydrogen) atoms. The minimum Gasteiger partial charge on any atom is -0.345 e. The van der Waals surface area contributed by atoms with Crippen LogP contribution in [0.3, 0.4) is 0 Å². The first-order valence-corrected chi connectivity index (χ1v) is 6.32. The number of nitrogens with zero attached hydrogens (tertiary/aromatic N) is 4. The highest BCUT2D eigenvalue weighted by atomic mass is 16.2. The molecule has 1 rings (SSSR count). The van der Waals surface area contributed by atoms with Crippen molar-refractivity contribution in [3.05, 3.63) is 30.1 Å². The summed E-state index contributed by atoms with van der Waals surface area (Å²) < 4.78 is 0. The molecule has 0 saturated carbocycles. The van der Waals surface area contributed by atoms with Crippen LogP contribution in [0.5, 0.6) is 0 Å². The summed E-state index contributed by atoms with van der Waals surface area (Å²) in [6.07, 6.45) is 4.43. The quantitative estimate of drug-likeness (QED) is 0.741. The largest absolute Gasteiger partial charge is 0.345 e. The van der Waals surface area contributed by atoms with E-state index in [1.165, 1.54) is 0 Å². The number of nitriles is 1. The lowest BCUT2D eigenvalue weighted by Crippen LogP contribution is -2.31. The van der Waals surface area contributed by atoms with E-state index in [4.69, 9.17) is 5.26 Å². The molecule has 0 unspecified atom stereocenters. The summed E-state index contributed by atoms with van der Waals surface area (Å²) in [6, 6.07) is 5.96. The van der Waals surface area contributed by atoms with E-state index in [9.17, 15) is 4.79 Å². The summed E-state index contributed by atoms with van der Waals surface area (Å²) in [5, 5.41) is 8.48. The maximum Gasteiger partial charge on any atom is 0.223 e. The van der Waals surface area contributed by atoms with Gasteiger partial charge in [0.15, 0.2) is 0 Å². The highest BCUT2D eigenvalue weighted by Gasteiger charge is 2.09. The Hall–Kier alpha value is -1.93. The van der Waals surface area contributed by atoms with Gasteiger partial charge in [-0.15, -0.1) is 0 Å². The third-order valence-corrected chi connectivity index (χ3v) is 2.87. The fraction of sp³-hybridized carbons (Fsp3) is 0.500. The molecule has 0 radical (unpaired) electrons. The highest BCUT2D eigenvalue weighted by molar-refractivity contribution is 5.76. The molecular weight excluding hydrogens is 240 g/mol. The van der Waals surface area contributed by atoms with Crippen molar-refractivity contribution in [3.63, 3.8) is 0 Å². The van der Waals surface area contributed by atoms with Crippen LogP contribution in [0.1, 0.15) is 18.4 Å². The molecule has 0 bridgehead atoms. The van der Waals surface area contributed by atoms with Gasteiger partial charge in [-0.2, -0.15) is 5.26 Å². The second-order valence-corrected chi connectivity index (χ2v) is 4.57. The van der Waals surface area contributed by atoms with Crippen LogP contribution in [0.4, 0.5) is 0 Å². The van der Waals surface area contributed by atoms with Gasteiger partial charge in [-0.05, 0) is 18.7 Å². The van der Waals surface area contributed by atoms with Crippen molar-refractivity contribution in [2.45, 2.75) is 19.4 Å². The van der Waals surface area contributed by atoms with Gasteiger partial charge in [0.2, 0.25) is 5.91 Å². The van der Waals surface area contributed by atoms with Crippen LogP contribution in [0.25, 0.3) is 0 Å². The number of amides is 1. The van der Waals surface area contributed by atoms with Gasteiger partial charge >= 0.3 is 0 Å². The molecule has 0 aromatic carbocycles. The van der Waals surface area contributed by atoms with Crippen molar-refractivity contribution in [1.82, 2.24) is 14.8 Å².